The Morgan fingerprint density at radius 3 is 2.38 bits per heavy atom. The summed E-state index contributed by atoms with van der Waals surface area (Å²) in [6.45, 7) is 0. The summed E-state index contributed by atoms with van der Waals surface area (Å²) in [6.07, 6.45) is 2.73. The standard InChI is InChI=1S/C16H17NO3S/c1-19-16(20-2)12-5-3-11(4-6-12)14-9-7-13(21-14)8-10-15(17)18/h3-10,16H,1-2H3,(H2,17,18)/b10-8-. The van der Waals surface area contributed by atoms with Gasteiger partial charge in [0.15, 0.2) is 6.29 Å². The van der Waals surface area contributed by atoms with E-state index in [0.29, 0.717) is 0 Å². The van der Waals surface area contributed by atoms with Crippen molar-refractivity contribution in [2.45, 2.75) is 6.29 Å². The number of hydrogen-bond donors (Lipinski definition) is 1. The number of carbonyl (C=O) groups is 1. The average molecular weight is 303 g/mol. The van der Waals surface area contributed by atoms with Crippen molar-refractivity contribution in [3.8, 4) is 10.4 Å². The van der Waals surface area contributed by atoms with Gasteiger partial charge < -0.3 is 15.2 Å². The minimum absolute atomic E-state index is 0.351. The van der Waals surface area contributed by atoms with E-state index in [4.69, 9.17) is 15.2 Å². The predicted molar refractivity (Wildman–Crippen MR) is 84.7 cm³/mol. The first-order valence-electron chi connectivity index (χ1n) is 6.37. The summed E-state index contributed by atoms with van der Waals surface area (Å²) in [7, 11) is 3.22. The lowest BCUT2D eigenvalue weighted by atomic mass is 10.1. The van der Waals surface area contributed by atoms with Crippen molar-refractivity contribution in [1.82, 2.24) is 0 Å². The third kappa shape index (κ3) is 4.01. The van der Waals surface area contributed by atoms with E-state index in [1.54, 1.807) is 31.6 Å². The van der Waals surface area contributed by atoms with Crippen molar-refractivity contribution in [3.05, 3.63) is 52.9 Å². The summed E-state index contributed by atoms with van der Waals surface area (Å²) >= 11 is 1.60. The summed E-state index contributed by atoms with van der Waals surface area (Å²) in [4.78, 5) is 12.8. The number of benzene rings is 1. The molecule has 5 heteroatoms. The van der Waals surface area contributed by atoms with Gasteiger partial charge in [-0.2, -0.15) is 0 Å². The zero-order chi connectivity index (χ0) is 15.2. The Labute approximate surface area is 127 Å². The van der Waals surface area contributed by atoms with Gasteiger partial charge in [0.05, 0.1) is 0 Å². The van der Waals surface area contributed by atoms with Gasteiger partial charge >= 0.3 is 0 Å². The molecule has 1 aromatic heterocycles. The highest BCUT2D eigenvalue weighted by Gasteiger charge is 2.09. The number of ether oxygens (including phenoxy) is 2. The van der Waals surface area contributed by atoms with Crippen LogP contribution in [0.25, 0.3) is 16.5 Å². The van der Waals surface area contributed by atoms with E-state index in [1.807, 2.05) is 36.4 Å². The maximum Gasteiger partial charge on any atom is 0.241 e. The zero-order valence-corrected chi connectivity index (χ0v) is 12.7. The van der Waals surface area contributed by atoms with Gasteiger partial charge in [0.1, 0.15) is 0 Å². The topological polar surface area (TPSA) is 61.6 Å². The molecule has 0 bridgehead atoms. The summed E-state index contributed by atoms with van der Waals surface area (Å²) in [5, 5.41) is 0. The first-order chi connectivity index (χ1) is 10.1. The van der Waals surface area contributed by atoms with Crippen molar-refractivity contribution in [2.75, 3.05) is 14.2 Å². The Balaban J connectivity index is 2.17. The minimum Gasteiger partial charge on any atom is -0.366 e. The van der Waals surface area contributed by atoms with E-state index in [9.17, 15) is 4.79 Å². The average Bonchev–Trinajstić information content (AvgIpc) is 2.96. The molecular weight excluding hydrogens is 286 g/mol. The molecule has 21 heavy (non-hydrogen) atoms. The Morgan fingerprint density at radius 1 is 1.14 bits per heavy atom. The molecule has 2 rings (SSSR count). The molecule has 0 aliphatic rings. The molecule has 0 unspecified atom stereocenters. The smallest absolute Gasteiger partial charge is 0.241 e. The number of thiophene rings is 1. The molecule has 0 aliphatic carbocycles. The molecule has 0 radical (unpaired) electrons. The van der Waals surface area contributed by atoms with Gasteiger partial charge in [-0.25, -0.2) is 0 Å². The van der Waals surface area contributed by atoms with Crippen LogP contribution in [0.5, 0.6) is 0 Å². The molecule has 110 valence electrons. The van der Waals surface area contributed by atoms with Gasteiger partial charge in [0.2, 0.25) is 5.91 Å². The number of hydrogen-bond acceptors (Lipinski definition) is 4. The largest absolute Gasteiger partial charge is 0.366 e. The molecule has 1 amide bonds. The minimum atomic E-state index is -0.445. The highest BCUT2D eigenvalue weighted by atomic mass is 32.1. The first-order valence-corrected chi connectivity index (χ1v) is 7.19. The molecule has 0 saturated heterocycles. The maximum atomic E-state index is 10.7. The van der Waals surface area contributed by atoms with E-state index >= 15 is 0 Å². The van der Waals surface area contributed by atoms with Crippen molar-refractivity contribution in [3.63, 3.8) is 0 Å². The fraction of sp³-hybridized carbons (Fsp3) is 0.188. The number of primary amides is 1. The van der Waals surface area contributed by atoms with E-state index < -0.39 is 5.91 Å². The Morgan fingerprint density at radius 2 is 1.81 bits per heavy atom. The van der Waals surface area contributed by atoms with Crippen LogP contribution in [-0.2, 0) is 14.3 Å². The zero-order valence-electron chi connectivity index (χ0n) is 11.9. The molecule has 2 aromatic rings. The Hall–Kier alpha value is -1.95. The second-order valence-corrected chi connectivity index (χ2v) is 5.48. The van der Waals surface area contributed by atoms with Crippen molar-refractivity contribution < 1.29 is 14.3 Å². The lowest BCUT2D eigenvalue weighted by Crippen LogP contribution is -2.04. The van der Waals surface area contributed by atoms with Gasteiger partial charge in [-0.3, -0.25) is 4.79 Å². The van der Waals surface area contributed by atoms with Gasteiger partial charge in [0.25, 0.3) is 0 Å². The Kier molecular flexibility index (Phi) is 5.27. The maximum absolute atomic E-state index is 10.7. The highest BCUT2D eigenvalue weighted by Crippen LogP contribution is 2.30. The van der Waals surface area contributed by atoms with Crippen LogP contribution in [0.1, 0.15) is 16.7 Å². The molecule has 0 saturated carbocycles. The van der Waals surface area contributed by atoms with Gasteiger partial charge in [-0.05, 0) is 23.8 Å². The van der Waals surface area contributed by atoms with E-state index in [1.165, 1.54) is 6.08 Å². The normalized spacial score (nSPS) is 11.4. The number of nitrogens with two attached hydrogens (primary N) is 1. The van der Waals surface area contributed by atoms with E-state index in [0.717, 1.165) is 20.9 Å². The van der Waals surface area contributed by atoms with Crippen LogP contribution in [0.3, 0.4) is 0 Å². The summed E-state index contributed by atoms with van der Waals surface area (Å²) in [6, 6.07) is 12.0. The predicted octanol–water partition coefficient (Wildman–Crippen LogP) is 3.21. The van der Waals surface area contributed by atoms with E-state index in [2.05, 4.69) is 0 Å². The molecule has 2 N–H and O–H groups in total. The number of methoxy groups -OCH3 is 2. The van der Waals surface area contributed by atoms with Gasteiger partial charge in [-0.1, -0.05) is 24.3 Å². The van der Waals surface area contributed by atoms with Crippen LogP contribution in [0.2, 0.25) is 0 Å². The Bertz CT molecular complexity index is 627. The number of rotatable bonds is 6. The molecule has 0 fully saturated rings. The summed E-state index contributed by atoms with van der Waals surface area (Å²) < 4.78 is 10.4. The van der Waals surface area contributed by atoms with E-state index in [-0.39, 0.29) is 6.29 Å². The van der Waals surface area contributed by atoms with Crippen molar-refractivity contribution in [1.29, 1.82) is 0 Å². The first kappa shape index (κ1) is 15.4. The van der Waals surface area contributed by atoms with Gasteiger partial charge in [-0.15, -0.1) is 11.3 Å². The molecule has 1 aromatic carbocycles. The van der Waals surface area contributed by atoms with Crippen LogP contribution in [0.15, 0.2) is 42.5 Å². The fourth-order valence-electron chi connectivity index (χ4n) is 1.93. The quantitative estimate of drug-likeness (QED) is 0.658. The van der Waals surface area contributed by atoms with Crippen molar-refractivity contribution >= 4 is 23.3 Å². The second-order valence-electron chi connectivity index (χ2n) is 4.36. The summed E-state index contributed by atoms with van der Waals surface area (Å²) in [5.74, 6) is -0.445. The van der Waals surface area contributed by atoms with Crippen molar-refractivity contribution in [2.24, 2.45) is 5.73 Å². The van der Waals surface area contributed by atoms with Crippen LogP contribution in [0, 0.1) is 0 Å². The molecule has 0 aliphatic heterocycles. The van der Waals surface area contributed by atoms with Crippen LogP contribution in [-0.4, -0.2) is 20.1 Å². The van der Waals surface area contributed by atoms with Crippen LogP contribution in [0.4, 0.5) is 0 Å². The lowest BCUT2D eigenvalue weighted by molar-refractivity contribution is -0.113. The van der Waals surface area contributed by atoms with Crippen LogP contribution >= 0.6 is 11.3 Å². The number of carbonyl (C=O) groups excluding carboxylic acids is 1. The lowest BCUT2D eigenvalue weighted by Gasteiger charge is -2.13. The highest BCUT2D eigenvalue weighted by molar-refractivity contribution is 7.16. The molecule has 0 atom stereocenters. The molecule has 0 spiro atoms. The SMILES string of the molecule is COC(OC)c1ccc(-c2ccc(/C=C\C(N)=O)s2)cc1. The third-order valence-corrected chi connectivity index (χ3v) is 4.03. The van der Waals surface area contributed by atoms with Gasteiger partial charge in [0, 0.05) is 35.6 Å². The molecule has 1 heterocycles. The monoisotopic (exact) mass is 303 g/mol. The van der Waals surface area contributed by atoms with Crippen LogP contribution < -0.4 is 5.73 Å². The fourth-order valence-corrected chi connectivity index (χ4v) is 2.85. The number of amides is 1. The summed E-state index contributed by atoms with van der Waals surface area (Å²) in [5.41, 5.74) is 7.16. The third-order valence-electron chi connectivity index (χ3n) is 2.93. The molecular formula is C16H17NO3S. The molecule has 4 nitrogen and oxygen atoms in total. The second kappa shape index (κ2) is 7.17.